The van der Waals surface area contributed by atoms with Crippen LogP contribution in [0, 0.1) is 18.6 Å². The van der Waals surface area contributed by atoms with Gasteiger partial charge in [-0.1, -0.05) is 17.7 Å². The zero-order valence-electron chi connectivity index (χ0n) is 10.9. The van der Waals surface area contributed by atoms with Crippen molar-refractivity contribution in [2.75, 3.05) is 7.11 Å². The topological polar surface area (TPSA) is 46.5 Å². The van der Waals surface area contributed by atoms with Gasteiger partial charge in [0.15, 0.2) is 0 Å². The first-order valence-corrected chi connectivity index (χ1v) is 5.81. The second-order valence-electron chi connectivity index (χ2n) is 4.32. The van der Waals surface area contributed by atoms with E-state index < -0.39 is 17.6 Å². The molecule has 0 spiro atoms. The summed E-state index contributed by atoms with van der Waals surface area (Å²) in [4.78, 5) is 11.2. The number of halogens is 2. The van der Waals surface area contributed by atoms with Crippen molar-refractivity contribution in [2.45, 2.75) is 6.92 Å². The van der Waals surface area contributed by atoms with Crippen molar-refractivity contribution in [3.63, 3.8) is 0 Å². The fourth-order valence-electron chi connectivity index (χ4n) is 1.98. The summed E-state index contributed by atoms with van der Waals surface area (Å²) in [5, 5.41) is 9.16. The molecule has 0 aliphatic heterocycles. The van der Waals surface area contributed by atoms with E-state index in [1.807, 2.05) is 0 Å². The quantitative estimate of drug-likeness (QED) is 0.932. The number of hydrogen-bond acceptors (Lipinski definition) is 2. The van der Waals surface area contributed by atoms with Gasteiger partial charge in [0.2, 0.25) is 0 Å². The van der Waals surface area contributed by atoms with Crippen LogP contribution in [0.25, 0.3) is 11.1 Å². The first kappa shape index (κ1) is 14.0. The third kappa shape index (κ3) is 2.47. The van der Waals surface area contributed by atoms with Crippen LogP contribution >= 0.6 is 0 Å². The number of rotatable bonds is 3. The summed E-state index contributed by atoms with van der Waals surface area (Å²) in [6.45, 7) is 1.71. The molecule has 0 heterocycles. The lowest BCUT2D eigenvalue weighted by molar-refractivity contribution is 0.0697. The minimum atomic E-state index is -1.24. The Morgan fingerprint density at radius 2 is 1.75 bits per heavy atom. The van der Waals surface area contributed by atoms with E-state index in [0.29, 0.717) is 5.56 Å². The molecule has 0 saturated carbocycles. The standard InChI is InChI=1S/C15H12F2O3/c1-8-3-4-10(11(5-8)15(18)19)14-12(16)6-9(20-2)7-13(14)17/h3-7H,1-2H3,(H,18,19). The number of ether oxygens (including phenoxy) is 1. The molecule has 0 radical (unpaired) electrons. The lowest BCUT2D eigenvalue weighted by Gasteiger charge is -2.11. The molecule has 0 aromatic heterocycles. The molecule has 0 aliphatic rings. The van der Waals surface area contributed by atoms with Crippen molar-refractivity contribution >= 4 is 5.97 Å². The molecule has 0 unspecified atom stereocenters. The summed E-state index contributed by atoms with van der Waals surface area (Å²) in [5.74, 6) is -2.94. The molecule has 0 saturated heterocycles. The molecule has 2 aromatic carbocycles. The molecule has 2 aromatic rings. The van der Waals surface area contributed by atoms with Gasteiger partial charge in [-0.3, -0.25) is 0 Å². The van der Waals surface area contributed by atoms with Crippen LogP contribution in [0.1, 0.15) is 15.9 Å². The van der Waals surface area contributed by atoms with E-state index >= 15 is 0 Å². The summed E-state index contributed by atoms with van der Waals surface area (Å²) in [5.41, 5.74) is 0.178. The Balaban J connectivity index is 2.72. The van der Waals surface area contributed by atoms with E-state index in [0.717, 1.165) is 12.1 Å². The highest BCUT2D eigenvalue weighted by Crippen LogP contribution is 2.32. The van der Waals surface area contributed by atoms with E-state index in [1.54, 1.807) is 13.0 Å². The van der Waals surface area contributed by atoms with Gasteiger partial charge >= 0.3 is 5.97 Å². The van der Waals surface area contributed by atoms with Gasteiger partial charge in [0.05, 0.1) is 18.2 Å². The number of carboxylic acids is 1. The Kier molecular flexibility index (Phi) is 3.70. The maximum absolute atomic E-state index is 14.0. The largest absolute Gasteiger partial charge is 0.497 e. The van der Waals surface area contributed by atoms with Gasteiger partial charge in [-0.2, -0.15) is 0 Å². The average molecular weight is 278 g/mol. The monoisotopic (exact) mass is 278 g/mol. The number of aryl methyl sites for hydroxylation is 1. The van der Waals surface area contributed by atoms with Crippen molar-refractivity contribution in [2.24, 2.45) is 0 Å². The molecule has 2 rings (SSSR count). The molecule has 5 heteroatoms. The molecule has 0 atom stereocenters. The highest BCUT2D eigenvalue weighted by atomic mass is 19.1. The van der Waals surface area contributed by atoms with Crippen LogP contribution in [-0.4, -0.2) is 18.2 Å². The van der Waals surface area contributed by atoms with Crippen molar-refractivity contribution < 1.29 is 23.4 Å². The van der Waals surface area contributed by atoms with Gasteiger partial charge in [-0.05, 0) is 13.0 Å². The fraction of sp³-hybridized carbons (Fsp3) is 0.133. The number of aromatic carboxylic acids is 1. The van der Waals surface area contributed by atoms with Gasteiger partial charge < -0.3 is 9.84 Å². The van der Waals surface area contributed by atoms with Crippen LogP contribution in [0.5, 0.6) is 5.75 Å². The molecular formula is C15H12F2O3. The van der Waals surface area contributed by atoms with Crippen molar-refractivity contribution in [3.8, 4) is 16.9 Å². The van der Waals surface area contributed by atoms with Gasteiger partial charge in [-0.25, -0.2) is 13.6 Å². The molecule has 104 valence electrons. The van der Waals surface area contributed by atoms with Gasteiger partial charge in [0, 0.05) is 17.7 Å². The number of carboxylic acid groups (broad SMARTS) is 1. The number of carbonyl (C=O) groups is 1. The van der Waals surface area contributed by atoms with Crippen LogP contribution in [0.3, 0.4) is 0 Å². The lowest BCUT2D eigenvalue weighted by Crippen LogP contribution is -2.03. The highest BCUT2D eigenvalue weighted by molar-refractivity contribution is 5.96. The lowest BCUT2D eigenvalue weighted by atomic mass is 9.97. The minimum absolute atomic E-state index is 0.000697. The Morgan fingerprint density at radius 1 is 1.15 bits per heavy atom. The summed E-state index contributed by atoms with van der Waals surface area (Å²) in [7, 11) is 1.29. The third-order valence-electron chi connectivity index (χ3n) is 2.93. The predicted molar refractivity (Wildman–Crippen MR) is 70.0 cm³/mol. The molecule has 0 aliphatic carbocycles. The minimum Gasteiger partial charge on any atom is -0.497 e. The number of methoxy groups -OCH3 is 1. The Labute approximate surface area is 114 Å². The summed E-state index contributed by atoms with van der Waals surface area (Å²) in [6, 6.07) is 6.41. The van der Waals surface area contributed by atoms with Crippen molar-refractivity contribution in [3.05, 3.63) is 53.1 Å². The maximum Gasteiger partial charge on any atom is 0.336 e. The summed E-state index contributed by atoms with van der Waals surface area (Å²) < 4.78 is 32.8. The van der Waals surface area contributed by atoms with E-state index in [-0.39, 0.29) is 22.4 Å². The van der Waals surface area contributed by atoms with Crippen molar-refractivity contribution in [1.82, 2.24) is 0 Å². The zero-order valence-corrected chi connectivity index (χ0v) is 10.9. The predicted octanol–water partition coefficient (Wildman–Crippen LogP) is 3.65. The van der Waals surface area contributed by atoms with E-state index in [4.69, 9.17) is 9.84 Å². The van der Waals surface area contributed by atoms with Crippen LogP contribution < -0.4 is 4.74 Å². The highest BCUT2D eigenvalue weighted by Gasteiger charge is 2.19. The molecule has 0 bridgehead atoms. The molecular weight excluding hydrogens is 266 g/mol. The first-order valence-electron chi connectivity index (χ1n) is 5.81. The Hall–Kier alpha value is -2.43. The molecule has 1 N–H and O–H groups in total. The van der Waals surface area contributed by atoms with Gasteiger partial charge in [0.25, 0.3) is 0 Å². The van der Waals surface area contributed by atoms with Crippen LogP contribution in [0.15, 0.2) is 30.3 Å². The van der Waals surface area contributed by atoms with Gasteiger partial charge in [0.1, 0.15) is 17.4 Å². The molecule has 0 amide bonds. The second-order valence-corrected chi connectivity index (χ2v) is 4.32. The first-order chi connectivity index (χ1) is 9.43. The maximum atomic E-state index is 14.0. The molecule has 0 fully saturated rings. The Morgan fingerprint density at radius 3 is 2.25 bits per heavy atom. The van der Waals surface area contributed by atoms with E-state index in [9.17, 15) is 13.6 Å². The smallest absolute Gasteiger partial charge is 0.336 e. The number of benzene rings is 2. The summed E-state index contributed by atoms with van der Waals surface area (Å²) >= 11 is 0. The Bertz CT molecular complexity index is 658. The van der Waals surface area contributed by atoms with Crippen LogP contribution in [-0.2, 0) is 0 Å². The second kappa shape index (κ2) is 5.28. The third-order valence-corrected chi connectivity index (χ3v) is 2.93. The van der Waals surface area contributed by atoms with E-state index in [2.05, 4.69) is 0 Å². The zero-order chi connectivity index (χ0) is 14.9. The number of hydrogen-bond donors (Lipinski definition) is 1. The van der Waals surface area contributed by atoms with Crippen LogP contribution in [0.4, 0.5) is 8.78 Å². The summed E-state index contributed by atoms with van der Waals surface area (Å²) in [6.07, 6.45) is 0. The van der Waals surface area contributed by atoms with Gasteiger partial charge in [-0.15, -0.1) is 0 Å². The van der Waals surface area contributed by atoms with E-state index in [1.165, 1.54) is 19.2 Å². The SMILES string of the molecule is COc1cc(F)c(-c2ccc(C)cc2C(=O)O)c(F)c1. The molecule has 20 heavy (non-hydrogen) atoms. The van der Waals surface area contributed by atoms with Crippen molar-refractivity contribution in [1.29, 1.82) is 0 Å². The average Bonchev–Trinajstić information content (AvgIpc) is 2.39. The molecule has 3 nitrogen and oxygen atoms in total. The van der Waals surface area contributed by atoms with Crippen LogP contribution in [0.2, 0.25) is 0 Å². The fourth-order valence-corrected chi connectivity index (χ4v) is 1.98. The normalized spacial score (nSPS) is 10.4.